The van der Waals surface area contributed by atoms with Gasteiger partial charge in [-0.25, -0.2) is 10.8 Å². The Bertz CT molecular complexity index is 455. The zero-order valence-electron chi connectivity index (χ0n) is 9.03. The molecule has 16 heavy (non-hydrogen) atoms. The van der Waals surface area contributed by atoms with Gasteiger partial charge < -0.3 is 0 Å². The molecule has 0 fully saturated rings. The van der Waals surface area contributed by atoms with Crippen molar-refractivity contribution in [2.45, 2.75) is 20.4 Å². The lowest BCUT2D eigenvalue weighted by Gasteiger charge is -2.22. The first kappa shape index (κ1) is 13.1. The number of aromatic nitrogens is 2. The van der Waals surface area contributed by atoms with E-state index in [0.717, 1.165) is 0 Å². The van der Waals surface area contributed by atoms with Crippen LogP contribution in [-0.4, -0.2) is 15.5 Å². The third-order valence-electron chi connectivity index (χ3n) is 2.17. The van der Waals surface area contributed by atoms with Gasteiger partial charge in [-0.1, -0.05) is 0 Å². The molecule has 1 aromatic rings. The third kappa shape index (κ3) is 2.79. The van der Waals surface area contributed by atoms with Crippen LogP contribution < -0.4 is 16.8 Å². The van der Waals surface area contributed by atoms with E-state index in [1.807, 2.05) is 22.6 Å². The van der Waals surface area contributed by atoms with Crippen LogP contribution in [0.1, 0.15) is 13.8 Å². The fourth-order valence-electron chi connectivity index (χ4n) is 1.23. The molecular formula is C9H13IN4O2. The number of rotatable bonds is 3. The number of nitrogens with zero attached hydrogens (tertiary/aromatic N) is 2. The van der Waals surface area contributed by atoms with Gasteiger partial charge in [-0.15, -0.1) is 0 Å². The van der Waals surface area contributed by atoms with Gasteiger partial charge in [0.05, 0.1) is 15.3 Å². The van der Waals surface area contributed by atoms with Crippen LogP contribution in [0.3, 0.4) is 0 Å². The second-order valence-electron chi connectivity index (χ2n) is 4.03. The molecule has 1 rings (SSSR count). The molecule has 0 aliphatic heterocycles. The number of carbonyl (C=O) groups excluding carboxylic acids is 1. The summed E-state index contributed by atoms with van der Waals surface area (Å²) in [6.07, 6.45) is 2.89. The number of hydrogen-bond acceptors (Lipinski definition) is 4. The summed E-state index contributed by atoms with van der Waals surface area (Å²) in [7, 11) is 0. The maximum atomic E-state index is 11.7. The van der Waals surface area contributed by atoms with E-state index in [2.05, 4.69) is 10.4 Å². The van der Waals surface area contributed by atoms with Crippen molar-refractivity contribution < 1.29 is 4.79 Å². The number of halogens is 1. The van der Waals surface area contributed by atoms with E-state index in [9.17, 15) is 9.59 Å². The van der Waals surface area contributed by atoms with Crippen LogP contribution in [0, 0.1) is 8.99 Å². The first-order valence-corrected chi connectivity index (χ1v) is 5.67. The molecular weight excluding hydrogens is 323 g/mol. The van der Waals surface area contributed by atoms with Gasteiger partial charge in [0.2, 0.25) is 5.91 Å². The Hall–Kier alpha value is -0.960. The lowest BCUT2D eigenvalue weighted by molar-refractivity contribution is -0.130. The number of amides is 1. The molecule has 0 atom stereocenters. The SMILES string of the molecule is CC(C)(Cn1cncc(I)c1=O)C(=O)NN. The van der Waals surface area contributed by atoms with Crippen LogP contribution in [0.15, 0.2) is 17.3 Å². The van der Waals surface area contributed by atoms with E-state index < -0.39 is 5.41 Å². The van der Waals surface area contributed by atoms with Crippen molar-refractivity contribution in [3.8, 4) is 0 Å². The minimum atomic E-state index is -0.759. The molecule has 88 valence electrons. The minimum absolute atomic E-state index is 0.159. The smallest absolute Gasteiger partial charge is 0.266 e. The van der Waals surface area contributed by atoms with Crippen LogP contribution in [0.5, 0.6) is 0 Å². The topological polar surface area (TPSA) is 90.0 Å². The van der Waals surface area contributed by atoms with Crippen molar-refractivity contribution in [3.63, 3.8) is 0 Å². The third-order valence-corrected chi connectivity index (χ3v) is 2.91. The van der Waals surface area contributed by atoms with Gasteiger partial charge in [-0.3, -0.25) is 19.6 Å². The summed E-state index contributed by atoms with van der Waals surface area (Å²) in [5, 5.41) is 0. The van der Waals surface area contributed by atoms with Gasteiger partial charge in [-0.05, 0) is 36.4 Å². The summed E-state index contributed by atoms with van der Waals surface area (Å²) >= 11 is 1.91. The maximum absolute atomic E-state index is 11.7. The average Bonchev–Trinajstić information content (AvgIpc) is 2.23. The average molecular weight is 336 g/mol. The van der Waals surface area contributed by atoms with Crippen molar-refractivity contribution in [2.24, 2.45) is 11.3 Å². The Balaban J connectivity index is 3.01. The van der Waals surface area contributed by atoms with E-state index in [0.29, 0.717) is 3.57 Å². The standard InChI is InChI=1S/C9H13IN4O2/c1-9(2,8(16)13-11)4-14-5-12-3-6(10)7(14)15/h3,5H,4,11H2,1-2H3,(H,13,16). The Labute approximate surface area is 106 Å². The fourth-order valence-corrected chi connectivity index (χ4v) is 1.70. The molecule has 0 saturated heterocycles. The zero-order chi connectivity index (χ0) is 12.3. The van der Waals surface area contributed by atoms with Crippen LogP contribution in [-0.2, 0) is 11.3 Å². The van der Waals surface area contributed by atoms with Gasteiger partial charge in [0.25, 0.3) is 5.56 Å². The largest absolute Gasteiger partial charge is 0.297 e. The summed E-state index contributed by atoms with van der Waals surface area (Å²) in [5.41, 5.74) is 1.16. The molecule has 7 heteroatoms. The van der Waals surface area contributed by atoms with Crippen molar-refractivity contribution in [3.05, 3.63) is 26.4 Å². The highest BCUT2D eigenvalue weighted by atomic mass is 127. The summed E-state index contributed by atoms with van der Waals surface area (Å²) in [4.78, 5) is 27.1. The summed E-state index contributed by atoms with van der Waals surface area (Å²) in [5.74, 6) is 4.75. The molecule has 0 aliphatic rings. The zero-order valence-corrected chi connectivity index (χ0v) is 11.2. The lowest BCUT2D eigenvalue weighted by atomic mass is 9.92. The predicted octanol–water partition coefficient (Wildman–Crippen LogP) is -0.136. The molecule has 0 bridgehead atoms. The molecule has 0 aliphatic carbocycles. The number of nitrogens with one attached hydrogen (secondary N) is 1. The van der Waals surface area contributed by atoms with E-state index in [4.69, 9.17) is 5.84 Å². The van der Waals surface area contributed by atoms with Gasteiger partial charge >= 0.3 is 0 Å². The van der Waals surface area contributed by atoms with Crippen molar-refractivity contribution in [2.75, 3.05) is 0 Å². The first-order valence-electron chi connectivity index (χ1n) is 4.59. The molecule has 0 radical (unpaired) electrons. The number of carbonyl (C=O) groups is 1. The highest BCUT2D eigenvalue weighted by Gasteiger charge is 2.28. The Morgan fingerprint density at radius 3 is 2.88 bits per heavy atom. The maximum Gasteiger partial charge on any atom is 0.266 e. The summed E-state index contributed by atoms with van der Waals surface area (Å²) in [6.45, 7) is 3.65. The van der Waals surface area contributed by atoms with Gasteiger partial charge in [-0.2, -0.15) is 0 Å². The van der Waals surface area contributed by atoms with Crippen LogP contribution in [0.25, 0.3) is 0 Å². The minimum Gasteiger partial charge on any atom is -0.297 e. The Morgan fingerprint density at radius 2 is 2.31 bits per heavy atom. The molecule has 0 spiro atoms. The molecule has 3 N–H and O–H groups in total. The van der Waals surface area contributed by atoms with Gasteiger partial charge in [0, 0.05) is 12.7 Å². The summed E-state index contributed by atoms with van der Waals surface area (Å²) < 4.78 is 1.92. The van der Waals surface area contributed by atoms with Crippen molar-refractivity contribution >= 4 is 28.5 Å². The normalized spacial score (nSPS) is 11.2. The molecule has 6 nitrogen and oxygen atoms in total. The van der Waals surface area contributed by atoms with E-state index in [1.54, 1.807) is 13.8 Å². The van der Waals surface area contributed by atoms with Crippen LogP contribution in [0.2, 0.25) is 0 Å². The molecule has 0 saturated carbocycles. The van der Waals surface area contributed by atoms with E-state index in [1.165, 1.54) is 17.1 Å². The number of hydrazine groups is 1. The molecule has 1 amide bonds. The van der Waals surface area contributed by atoms with Crippen molar-refractivity contribution in [1.82, 2.24) is 15.0 Å². The molecule has 0 aromatic carbocycles. The van der Waals surface area contributed by atoms with Gasteiger partial charge in [0.1, 0.15) is 0 Å². The summed E-state index contributed by atoms with van der Waals surface area (Å²) in [6, 6.07) is 0. The molecule has 1 heterocycles. The number of hydrogen-bond donors (Lipinski definition) is 2. The monoisotopic (exact) mass is 336 g/mol. The second-order valence-corrected chi connectivity index (χ2v) is 5.19. The predicted molar refractivity (Wildman–Crippen MR) is 67.3 cm³/mol. The quantitative estimate of drug-likeness (QED) is 0.348. The fraction of sp³-hybridized carbons (Fsp3) is 0.444. The van der Waals surface area contributed by atoms with Crippen molar-refractivity contribution in [1.29, 1.82) is 0 Å². The van der Waals surface area contributed by atoms with Crippen LogP contribution >= 0.6 is 22.6 Å². The highest BCUT2D eigenvalue weighted by molar-refractivity contribution is 14.1. The Morgan fingerprint density at radius 1 is 1.69 bits per heavy atom. The van der Waals surface area contributed by atoms with Gasteiger partial charge in [0.15, 0.2) is 0 Å². The highest BCUT2D eigenvalue weighted by Crippen LogP contribution is 2.16. The van der Waals surface area contributed by atoms with Crippen LogP contribution in [0.4, 0.5) is 0 Å². The first-order chi connectivity index (χ1) is 7.38. The Kier molecular flexibility index (Phi) is 4.03. The molecule has 1 aromatic heterocycles. The second kappa shape index (κ2) is 4.91. The van der Waals surface area contributed by atoms with E-state index >= 15 is 0 Å². The lowest BCUT2D eigenvalue weighted by Crippen LogP contribution is -2.44. The molecule has 0 unspecified atom stereocenters. The number of nitrogens with two attached hydrogens (primary N) is 1. The van der Waals surface area contributed by atoms with E-state index in [-0.39, 0.29) is 18.0 Å².